The van der Waals surface area contributed by atoms with Gasteiger partial charge in [-0.2, -0.15) is 0 Å². The molecule has 236 valence electrons. The largest absolute Gasteiger partial charge is 0.497 e. The first-order chi connectivity index (χ1) is 21.7. The maximum absolute atomic E-state index is 14.4. The van der Waals surface area contributed by atoms with Crippen molar-refractivity contribution in [1.82, 2.24) is 10.2 Å². The van der Waals surface area contributed by atoms with E-state index in [9.17, 15) is 18.0 Å². The van der Waals surface area contributed by atoms with Gasteiger partial charge in [0, 0.05) is 24.5 Å². The number of carbonyl (C=O) groups is 2. The third-order valence-corrected chi connectivity index (χ3v) is 9.34. The zero-order chi connectivity index (χ0) is 32.2. The van der Waals surface area contributed by atoms with Crippen LogP contribution in [0, 0.1) is 0 Å². The zero-order valence-corrected chi connectivity index (χ0v) is 27.0. The van der Waals surface area contributed by atoms with E-state index in [2.05, 4.69) is 5.32 Å². The van der Waals surface area contributed by atoms with E-state index in [4.69, 9.17) is 16.3 Å². The minimum atomic E-state index is -4.25. The van der Waals surface area contributed by atoms with Crippen LogP contribution in [0.3, 0.4) is 0 Å². The Kier molecular flexibility index (Phi) is 12.0. The fourth-order valence-corrected chi connectivity index (χ4v) is 6.47. The van der Waals surface area contributed by atoms with Crippen molar-refractivity contribution in [2.24, 2.45) is 0 Å². The molecule has 0 heterocycles. The Morgan fingerprint density at radius 1 is 0.867 bits per heavy atom. The molecule has 0 spiro atoms. The van der Waals surface area contributed by atoms with Crippen molar-refractivity contribution in [3.63, 3.8) is 0 Å². The Labute approximate surface area is 270 Å². The molecule has 0 saturated carbocycles. The number of nitrogens with one attached hydrogen (secondary N) is 1. The number of unbranched alkanes of at least 4 members (excludes halogenated alkanes) is 1. The van der Waals surface area contributed by atoms with Gasteiger partial charge >= 0.3 is 0 Å². The van der Waals surface area contributed by atoms with Crippen LogP contribution in [0.4, 0.5) is 5.69 Å². The van der Waals surface area contributed by atoms with Crippen LogP contribution in [0.1, 0.15) is 30.9 Å². The highest BCUT2D eigenvalue weighted by Crippen LogP contribution is 2.28. The molecule has 4 aromatic carbocycles. The summed E-state index contributed by atoms with van der Waals surface area (Å²) in [5, 5.41) is 3.30. The van der Waals surface area contributed by atoms with Crippen LogP contribution in [-0.4, -0.2) is 51.4 Å². The van der Waals surface area contributed by atoms with E-state index >= 15 is 0 Å². The Bertz CT molecular complexity index is 1650. The lowest BCUT2D eigenvalue weighted by atomic mass is 10.0. The summed E-state index contributed by atoms with van der Waals surface area (Å²) in [7, 11) is -2.76. The summed E-state index contributed by atoms with van der Waals surface area (Å²) in [5.41, 5.74) is 1.90. The molecule has 0 saturated heterocycles. The molecule has 0 aliphatic heterocycles. The number of nitrogens with zero attached hydrogens (tertiary/aromatic N) is 2. The Balaban J connectivity index is 1.77. The van der Waals surface area contributed by atoms with Gasteiger partial charge in [-0.1, -0.05) is 91.7 Å². The first-order valence-corrected chi connectivity index (χ1v) is 16.6. The van der Waals surface area contributed by atoms with Crippen LogP contribution in [0.2, 0.25) is 5.02 Å². The van der Waals surface area contributed by atoms with Gasteiger partial charge in [0.25, 0.3) is 10.0 Å². The second-order valence-electron chi connectivity index (χ2n) is 10.5. The number of amides is 2. The average Bonchev–Trinajstić information content (AvgIpc) is 3.06. The SMILES string of the molecule is CCCCNC(=O)[C@H](Cc1ccccc1)N(Cc1ccccc1)C(=O)CN(c1cccc(Cl)c1)S(=O)(=O)c1ccc(OC)cc1. The monoisotopic (exact) mass is 647 g/mol. The number of carbonyl (C=O) groups excluding carboxylic acids is 2. The van der Waals surface area contributed by atoms with Crippen LogP contribution in [0.25, 0.3) is 0 Å². The number of rotatable bonds is 15. The standard InChI is InChI=1S/C35H38ClN3O5S/c1-3-4-22-37-35(41)33(23-27-12-7-5-8-13-27)38(25-28-14-9-6-10-15-28)34(40)26-39(30-17-11-16-29(36)24-30)45(42,43)32-20-18-31(44-2)19-21-32/h5-21,24,33H,3-4,22-23,25-26H2,1-2H3,(H,37,41)/t33-/m0/s1. The number of halogens is 1. The third kappa shape index (κ3) is 9.09. The maximum Gasteiger partial charge on any atom is 0.264 e. The molecule has 1 N–H and O–H groups in total. The van der Waals surface area contributed by atoms with E-state index in [1.807, 2.05) is 67.6 Å². The molecule has 0 aliphatic rings. The molecule has 4 aromatic rings. The number of hydrogen-bond acceptors (Lipinski definition) is 5. The highest BCUT2D eigenvalue weighted by atomic mass is 35.5. The zero-order valence-electron chi connectivity index (χ0n) is 25.4. The number of anilines is 1. The first kappa shape index (κ1) is 33.6. The Hall–Kier alpha value is -4.34. The molecule has 0 bridgehead atoms. The van der Waals surface area contributed by atoms with E-state index in [1.165, 1.54) is 30.2 Å². The lowest BCUT2D eigenvalue weighted by molar-refractivity contribution is -0.140. The third-order valence-electron chi connectivity index (χ3n) is 7.32. The predicted molar refractivity (Wildman–Crippen MR) is 178 cm³/mol. The van der Waals surface area contributed by atoms with Gasteiger partial charge in [0.1, 0.15) is 18.3 Å². The molecule has 0 aromatic heterocycles. The second kappa shape index (κ2) is 16.1. The van der Waals surface area contributed by atoms with Gasteiger partial charge in [-0.15, -0.1) is 0 Å². The lowest BCUT2D eigenvalue weighted by Crippen LogP contribution is -2.53. The van der Waals surface area contributed by atoms with Crippen molar-refractivity contribution in [3.8, 4) is 5.75 Å². The van der Waals surface area contributed by atoms with E-state index in [1.54, 1.807) is 30.3 Å². The Morgan fingerprint density at radius 3 is 2.11 bits per heavy atom. The fraction of sp³-hybridized carbons (Fsp3) is 0.257. The normalized spacial score (nSPS) is 11.8. The van der Waals surface area contributed by atoms with Crippen molar-refractivity contribution in [2.75, 3.05) is 24.5 Å². The molecule has 0 fully saturated rings. The van der Waals surface area contributed by atoms with Gasteiger partial charge in [0.2, 0.25) is 11.8 Å². The summed E-state index contributed by atoms with van der Waals surface area (Å²) < 4.78 is 34.5. The van der Waals surface area contributed by atoms with E-state index in [0.29, 0.717) is 17.3 Å². The van der Waals surface area contributed by atoms with Gasteiger partial charge in [-0.3, -0.25) is 13.9 Å². The van der Waals surface area contributed by atoms with Crippen LogP contribution in [0.15, 0.2) is 114 Å². The molecule has 4 rings (SSSR count). The van der Waals surface area contributed by atoms with Crippen molar-refractivity contribution < 1.29 is 22.7 Å². The number of sulfonamides is 1. The van der Waals surface area contributed by atoms with Gasteiger partial charge in [-0.25, -0.2) is 8.42 Å². The number of benzene rings is 4. The summed E-state index contributed by atoms with van der Waals surface area (Å²) in [6.45, 7) is 2.04. The highest BCUT2D eigenvalue weighted by molar-refractivity contribution is 7.92. The summed E-state index contributed by atoms with van der Waals surface area (Å²) >= 11 is 6.29. The van der Waals surface area contributed by atoms with Crippen molar-refractivity contribution in [2.45, 2.75) is 43.7 Å². The molecule has 1 atom stereocenters. The topological polar surface area (TPSA) is 96.0 Å². The van der Waals surface area contributed by atoms with Crippen LogP contribution < -0.4 is 14.4 Å². The smallest absolute Gasteiger partial charge is 0.264 e. The lowest BCUT2D eigenvalue weighted by Gasteiger charge is -2.34. The van der Waals surface area contributed by atoms with Crippen molar-refractivity contribution in [1.29, 1.82) is 0 Å². The average molecular weight is 648 g/mol. The van der Waals surface area contributed by atoms with Gasteiger partial charge in [0.15, 0.2) is 0 Å². The summed E-state index contributed by atoms with van der Waals surface area (Å²) in [5.74, 6) is -0.349. The number of hydrogen-bond donors (Lipinski definition) is 1. The molecule has 45 heavy (non-hydrogen) atoms. The quantitative estimate of drug-likeness (QED) is 0.157. The summed E-state index contributed by atoms with van der Waals surface area (Å²) in [4.78, 5) is 29.7. The predicted octanol–water partition coefficient (Wildman–Crippen LogP) is 6.10. The van der Waals surface area contributed by atoms with Crippen LogP contribution in [0.5, 0.6) is 5.75 Å². The van der Waals surface area contributed by atoms with E-state index in [0.717, 1.165) is 28.3 Å². The highest BCUT2D eigenvalue weighted by Gasteiger charge is 2.34. The van der Waals surface area contributed by atoms with Crippen molar-refractivity contribution in [3.05, 3.63) is 125 Å². The number of ether oxygens (including phenoxy) is 1. The first-order valence-electron chi connectivity index (χ1n) is 14.8. The fourth-order valence-electron chi connectivity index (χ4n) is 4.88. The molecule has 0 radical (unpaired) electrons. The second-order valence-corrected chi connectivity index (χ2v) is 12.8. The molecular weight excluding hydrogens is 610 g/mol. The maximum atomic E-state index is 14.4. The van der Waals surface area contributed by atoms with Gasteiger partial charge < -0.3 is 15.0 Å². The van der Waals surface area contributed by atoms with E-state index in [-0.39, 0.29) is 29.5 Å². The molecular formula is C35H38ClN3O5S. The minimum absolute atomic E-state index is 0.0242. The molecule has 10 heteroatoms. The molecule has 0 unspecified atom stereocenters. The van der Waals surface area contributed by atoms with Gasteiger partial charge in [0.05, 0.1) is 17.7 Å². The van der Waals surface area contributed by atoms with Crippen LogP contribution >= 0.6 is 11.6 Å². The molecule has 0 aliphatic carbocycles. The summed E-state index contributed by atoms with van der Waals surface area (Å²) in [6, 6.07) is 30.2. The minimum Gasteiger partial charge on any atom is -0.497 e. The van der Waals surface area contributed by atoms with Gasteiger partial charge in [-0.05, 0) is 60.0 Å². The van der Waals surface area contributed by atoms with Crippen molar-refractivity contribution >= 4 is 39.1 Å². The summed E-state index contributed by atoms with van der Waals surface area (Å²) in [6.07, 6.45) is 1.94. The number of methoxy groups -OCH3 is 1. The molecule has 2 amide bonds. The molecule has 8 nitrogen and oxygen atoms in total. The van der Waals surface area contributed by atoms with E-state index < -0.39 is 28.5 Å². The van der Waals surface area contributed by atoms with Crippen LogP contribution in [-0.2, 0) is 32.6 Å². The Morgan fingerprint density at radius 2 is 1.51 bits per heavy atom.